The zero-order valence-electron chi connectivity index (χ0n) is 9.80. The number of rotatable bonds is 3. The molecule has 0 atom stereocenters. The summed E-state index contributed by atoms with van der Waals surface area (Å²) in [6, 6.07) is 13.7. The lowest BCUT2D eigenvalue weighted by Crippen LogP contribution is -1.87. The molecule has 0 bridgehead atoms. The van der Waals surface area contributed by atoms with Gasteiger partial charge in [-0.1, -0.05) is 29.8 Å². The average molecular weight is 305 g/mol. The fraction of sp³-hybridized carbons (Fsp3) is 0. The van der Waals surface area contributed by atoms with Crippen molar-refractivity contribution in [3.63, 3.8) is 0 Å². The van der Waals surface area contributed by atoms with Crippen molar-refractivity contribution in [3.05, 3.63) is 62.6 Å². The van der Waals surface area contributed by atoms with Gasteiger partial charge >= 0.3 is 0 Å². The van der Waals surface area contributed by atoms with E-state index in [1.807, 2.05) is 48.5 Å². The number of hydrogen-bond donors (Lipinski definition) is 0. The number of carbonyl (C=O) groups excluding carboxylic acids is 1. The average Bonchev–Trinajstić information content (AvgIpc) is 3.01. The number of ketones is 1. The molecule has 2 aromatic heterocycles. The third-order valence-electron chi connectivity index (χ3n) is 2.66. The Kier molecular flexibility index (Phi) is 3.51. The van der Waals surface area contributed by atoms with Crippen molar-refractivity contribution in [3.8, 4) is 0 Å². The standard InChI is InChI=1S/C15H9ClOS2/c16-15-8-6-11(18-15)5-7-12(17)14-9-10-3-1-2-4-13(10)19-14/h1-9H. The van der Waals surface area contributed by atoms with Crippen molar-refractivity contribution in [1.82, 2.24) is 0 Å². The first kappa shape index (κ1) is 12.6. The molecule has 2 heterocycles. The summed E-state index contributed by atoms with van der Waals surface area (Å²) in [5, 5.41) is 1.11. The minimum Gasteiger partial charge on any atom is -0.288 e. The number of thiophene rings is 2. The first-order valence-electron chi connectivity index (χ1n) is 5.69. The Balaban J connectivity index is 1.85. The van der Waals surface area contributed by atoms with Crippen LogP contribution in [0.2, 0.25) is 4.34 Å². The number of allylic oxidation sites excluding steroid dienone is 1. The first-order valence-corrected chi connectivity index (χ1v) is 7.70. The van der Waals surface area contributed by atoms with Crippen LogP contribution in [0.25, 0.3) is 16.2 Å². The number of fused-ring (bicyclic) bond motifs is 1. The van der Waals surface area contributed by atoms with Gasteiger partial charge in [0.15, 0.2) is 5.78 Å². The van der Waals surface area contributed by atoms with Crippen LogP contribution in [0.3, 0.4) is 0 Å². The molecule has 19 heavy (non-hydrogen) atoms. The van der Waals surface area contributed by atoms with Crippen molar-refractivity contribution >= 4 is 56.2 Å². The van der Waals surface area contributed by atoms with E-state index < -0.39 is 0 Å². The Bertz CT molecular complexity index is 734. The summed E-state index contributed by atoms with van der Waals surface area (Å²) in [5.41, 5.74) is 0. The van der Waals surface area contributed by atoms with Gasteiger partial charge in [0.2, 0.25) is 0 Å². The molecule has 94 valence electrons. The van der Waals surface area contributed by atoms with E-state index >= 15 is 0 Å². The van der Waals surface area contributed by atoms with Gasteiger partial charge in [0.1, 0.15) is 0 Å². The Morgan fingerprint density at radius 3 is 2.68 bits per heavy atom. The monoisotopic (exact) mass is 304 g/mol. The molecule has 4 heteroatoms. The molecule has 1 aromatic carbocycles. The molecule has 0 amide bonds. The lowest BCUT2D eigenvalue weighted by molar-refractivity contribution is 0.105. The molecule has 0 unspecified atom stereocenters. The molecule has 0 saturated carbocycles. The fourth-order valence-corrected chi connectivity index (χ4v) is 3.71. The maximum atomic E-state index is 12.1. The van der Waals surface area contributed by atoms with Gasteiger partial charge in [-0.05, 0) is 41.8 Å². The Morgan fingerprint density at radius 2 is 1.95 bits per heavy atom. The van der Waals surface area contributed by atoms with Gasteiger partial charge in [0.05, 0.1) is 9.21 Å². The van der Waals surface area contributed by atoms with E-state index in [0.29, 0.717) is 0 Å². The lowest BCUT2D eigenvalue weighted by Gasteiger charge is -1.87. The van der Waals surface area contributed by atoms with E-state index in [-0.39, 0.29) is 5.78 Å². The van der Waals surface area contributed by atoms with Crippen LogP contribution in [0, 0.1) is 0 Å². The molecule has 0 saturated heterocycles. The summed E-state index contributed by atoms with van der Waals surface area (Å²) in [4.78, 5) is 13.8. The third kappa shape index (κ3) is 2.78. The minimum atomic E-state index is 0.0331. The van der Waals surface area contributed by atoms with Crippen LogP contribution in [-0.2, 0) is 0 Å². The Labute approximate surface area is 123 Å². The van der Waals surface area contributed by atoms with Crippen molar-refractivity contribution in [1.29, 1.82) is 0 Å². The van der Waals surface area contributed by atoms with E-state index in [9.17, 15) is 4.79 Å². The van der Waals surface area contributed by atoms with Crippen molar-refractivity contribution in [2.75, 3.05) is 0 Å². The minimum absolute atomic E-state index is 0.0331. The topological polar surface area (TPSA) is 17.1 Å². The largest absolute Gasteiger partial charge is 0.288 e. The van der Waals surface area contributed by atoms with Crippen LogP contribution in [0.1, 0.15) is 14.5 Å². The fourth-order valence-electron chi connectivity index (χ4n) is 1.76. The Hall–Kier alpha value is -1.42. The second kappa shape index (κ2) is 5.29. The molecule has 3 rings (SSSR count). The molecule has 0 aliphatic carbocycles. The zero-order chi connectivity index (χ0) is 13.2. The maximum absolute atomic E-state index is 12.1. The van der Waals surface area contributed by atoms with Gasteiger partial charge in [-0.25, -0.2) is 0 Å². The van der Waals surface area contributed by atoms with Gasteiger partial charge in [0.25, 0.3) is 0 Å². The smallest absolute Gasteiger partial charge is 0.195 e. The molecule has 0 spiro atoms. The molecule has 3 aromatic rings. The van der Waals surface area contributed by atoms with Gasteiger partial charge in [-0.15, -0.1) is 22.7 Å². The highest BCUT2D eigenvalue weighted by molar-refractivity contribution is 7.21. The van der Waals surface area contributed by atoms with Crippen molar-refractivity contribution < 1.29 is 4.79 Å². The summed E-state index contributed by atoms with van der Waals surface area (Å²) in [7, 11) is 0. The van der Waals surface area contributed by atoms with Crippen LogP contribution in [0.5, 0.6) is 0 Å². The summed E-state index contributed by atoms with van der Waals surface area (Å²) < 4.78 is 1.87. The van der Waals surface area contributed by atoms with E-state index in [0.717, 1.165) is 24.2 Å². The molecule has 0 fully saturated rings. The lowest BCUT2D eigenvalue weighted by atomic mass is 10.2. The summed E-state index contributed by atoms with van der Waals surface area (Å²) in [5.74, 6) is 0.0331. The van der Waals surface area contributed by atoms with Crippen molar-refractivity contribution in [2.45, 2.75) is 0 Å². The highest BCUT2D eigenvalue weighted by atomic mass is 35.5. The summed E-state index contributed by atoms with van der Waals surface area (Å²) in [6.07, 6.45) is 3.41. The van der Waals surface area contributed by atoms with Crippen LogP contribution in [0.15, 0.2) is 48.5 Å². The number of halogens is 1. The van der Waals surface area contributed by atoms with Crippen LogP contribution in [-0.4, -0.2) is 5.78 Å². The van der Waals surface area contributed by atoms with Crippen molar-refractivity contribution in [2.24, 2.45) is 0 Å². The van der Waals surface area contributed by atoms with Crippen LogP contribution in [0.4, 0.5) is 0 Å². The summed E-state index contributed by atoms with van der Waals surface area (Å²) >= 11 is 8.83. The normalized spacial score (nSPS) is 11.4. The summed E-state index contributed by atoms with van der Waals surface area (Å²) in [6.45, 7) is 0. The van der Waals surface area contributed by atoms with Crippen LogP contribution < -0.4 is 0 Å². The van der Waals surface area contributed by atoms with Crippen LogP contribution >= 0.6 is 34.3 Å². The molecular weight excluding hydrogens is 296 g/mol. The van der Waals surface area contributed by atoms with Gasteiger partial charge in [0, 0.05) is 9.58 Å². The molecule has 0 radical (unpaired) electrons. The number of hydrogen-bond acceptors (Lipinski definition) is 3. The highest BCUT2D eigenvalue weighted by Gasteiger charge is 2.07. The zero-order valence-corrected chi connectivity index (χ0v) is 12.2. The van der Waals surface area contributed by atoms with E-state index in [1.165, 1.54) is 22.7 Å². The van der Waals surface area contributed by atoms with Gasteiger partial charge < -0.3 is 0 Å². The van der Waals surface area contributed by atoms with Gasteiger partial charge in [-0.3, -0.25) is 4.79 Å². The quantitative estimate of drug-likeness (QED) is 0.460. The maximum Gasteiger partial charge on any atom is 0.195 e. The molecular formula is C15H9ClOS2. The second-order valence-electron chi connectivity index (χ2n) is 3.99. The van der Waals surface area contributed by atoms with E-state index in [1.54, 1.807) is 6.08 Å². The predicted molar refractivity (Wildman–Crippen MR) is 84.5 cm³/mol. The SMILES string of the molecule is O=C(C=Cc1ccc(Cl)s1)c1cc2ccccc2s1. The van der Waals surface area contributed by atoms with E-state index in [4.69, 9.17) is 11.6 Å². The second-order valence-corrected chi connectivity index (χ2v) is 6.82. The van der Waals surface area contributed by atoms with Gasteiger partial charge in [-0.2, -0.15) is 0 Å². The number of carbonyl (C=O) groups is 1. The Morgan fingerprint density at radius 1 is 1.11 bits per heavy atom. The highest BCUT2D eigenvalue weighted by Crippen LogP contribution is 2.26. The molecule has 1 nitrogen and oxygen atoms in total. The molecule has 0 aliphatic heterocycles. The predicted octanol–water partition coefficient (Wildman–Crippen LogP) is 5.51. The molecule has 0 aliphatic rings. The first-order chi connectivity index (χ1) is 9.22. The molecule has 0 N–H and O–H groups in total. The third-order valence-corrected chi connectivity index (χ3v) is 4.99. The van der Waals surface area contributed by atoms with E-state index in [2.05, 4.69) is 0 Å². The number of benzene rings is 1.